The maximum absolute atomic E-state index is 2.32. The molecule has 0 heterocycles. The Morgan fingerprint density at radius 2 is 2.00 bits per heavy atom. The zero-order chi connectivity index (χ0) is 7.11. The molecule has 2 heteroatoms. The summed E-state index contributed by atoms with van der Waals surface area (Å²) in [6.45, 7) is 3.61. The van der Waals surface area contributed by atoms with Crippen molar-refractivity contribution in [2.45, 2.75) is 22.2 Å². The Morgan fingerprint density at radius 1 is 1.33 bits per heavy atom. The molecule has 0 aromatic carbocycles. The summed E-state index contributed by atoms with van der Waals surface area (Å²) in [5, 5.41) is 0. The maximum atomic E-state index is 2.32. The summed E-state index contributed by atoms with van der Waals surface area (Å²) in [6.07, 6.45) is 1.44. The van der Waals surface area contributed by atoms with Crippen LogP contribution in [0.1, 0.15) is 13.3 Å². The fourth-order valence-electron chi connectivity index (χ4n) is 0.697. The average Bonchev–Trinajstić information content (AvgIpc) is 1.80. The van der Waals surface area contributed by atoms with Crippen molar-refractivity contribution in [3.8, 4) is 0 Å². The molecule has 0 aromatic rings. The van der Waals surface area contributed by atoms with E-state index in [1.54, 1.807) is 4.44 Å². The van der Waals surface area contributed by atoms with Crippen molar-refractivity contribution in [1.29, 1.82) is 0 Å². The Morgan fingerprint density at radius 3 is 2.44 bits per heavy atom. The molecule has 0 aliphatic carbocycles. The molecule has 54 valence electrons. The van der Waals surface area contributed by atoms with E-state index in [1.165, 1.54) is 17.4 Å². The van der Waals surface area contributed by atoms with E-state index in [2.05, 4.69) is 25.9 Å². The van der Waals surface area contributed by atoms with Crippen molar-refractivity contribution in [3.05, 3.63) is 0 Å². The van der Waals surface area contributed by atoms with Crippen LogP contribution in [-0.4, -0.2) is 46.7 Å². The molecule has 9 heavy (non-hydrogen) atoms. The standard InChI is InChI=1S/C5H12N.C2H5.Sn/c1-4-5-6(2)3;1-2;/h1,4-5H2,2-3H3;1H2,2H3;. The van der Waals surface area contributed by atoms with E-state index in [0.717, 1.165) is 0 Å². The molecule has 0 unspecified atom stereocenters. The van der Waals surface area contributed by atoms with Gasteiger partial charge in [0.05, 0.1) is 0 Å². The molecule has 2 radical (unpaired) electrons. The topological polar surface area (TPSA) is 3.24 Å². The van der Waals surface area contributed by atoms with Gasteiger partial charge in [-0.3, -0.25) is 0 Å². The van der Waals surface area contributed by atoms with Gasteiger partial charge in [0, 0.05) is 0 Å². The van der Waals surface area contributed by atoms with Crippen LogP contribution in [-0.2, 0) is 0 Å². The molecule has 0 N–H and O–H groups in total. The van der Waals surface area contributed by atoms with Gasteiger partial charge in [0.25, 0.3) is 0 Å². The molecule has 1 nitrogen and oxygen atoms in total. The van der Waals surface area contributed by atoms with Gasteiger partial charge >= 0.3 is 68.9 Å². The van der Waals surface area contributed by atoms with E-state index < -0.39 is 0 Å². The van der Waals surface area contributed by atoms with Gasteiger partial charge in [0.1, 0.15) is 0 Å². The Kier molecular flexibility index (Phi) is 7.45. The van der Waals surface area contributed by atoms with Gasteiger partial charge in [-0.05, 0) is 0 Å². The van der Waals surface area contributed by atoms with Crippen molar-refractivity contribution < 1.29 is 0 Å². The summed E-state index contributed by atoms with van der Waals surface area (Å²) in [5.41, 5.74) is 0. The average molecular weight is 234 g/mol. The number of hydrogen-bond donors (Lipinski definition) is 0. The molecule has 0 rings (SSSR count). The van der Waals surface area contributed by atoms with Gasteiger partial charge in [-0.1, -0.05) is 0 Å². The fraction of sp³-hybridized carbons (Fsp3) is 1.00. The second-order valence-corrected chi connectivity index (χ2v) is 7.38. The van der Waals surface area contributed by atoms with Gasteiger partial charge in [0.15, 0.2) is 0 Å². The quantitative estimate of drug-likeness (QED) is 0.514. The van der Waals surface area contributed by atoms with Crippen LogP contribution in [0.4, 0.5) is 0 Å². The first-order valence-corrected chi connectivity index (χ1v) is 7.66. The number of rotatable bonds is 5. The molecule has 0 aromatic heterocycles. The zero-order valence-corrected chi connectivity index (χ0v) is 9.63. The summed E-state index contributed by atoms with van der Waals surface area (Å²) in [7, 11) is 4.30. The van der Waals surface area contributed by atoms with Crippen LogP contribution >= 0.6 is 0 Å². The van der Waals surface area contributed by atoms with Crippen molar-refractivity contribution in [2.75, 3.05) is 20.6 Å². The minimum atomic E-state index is 0.118. The van der Waals surface area contributed by atoms with Crippen LogP contribution in [0.5, 0.6) is 0 Å². The third-order valence-electron chi connectivity index (χ3n) is 1.21. The molecule has 0 spiro atoms. The van der Waals surface area contributed by atoms with E-state index in [0.29, 0.717) is 0 Å². The van der Waals surface area contributed by atoms with Gasteiger partial charge in [-0.25, -0.2) is 0 Å². The molecule has 0 aliphatic heterocycles. The zero-order valence-electron chi connectivity index (χ0n) is 6.78. The Hall–Kier alpha value is 0.759. The van der Waals surface area contributed by atoms with Crippen LogP contribution in [0, 0.1) is 0 Å². The summed E-state index contributed by atoms with van der Waals surface area (Å²) in [4.78, 5) is 2.27. The van der Waals surface area contributed by atoms with E-state index in [4.69, 9.17) is 0 Å². The van der Waals surface area contributed by atoms with Crippen LogP contribution in [0.25, 0.3) is 0 Å². The van der Waals surface area contributed by atoms with E-state index in [-0.39, 0.29) is 21.1 Å². The Labute approximate surface area is 69.0 Å². The van der Waals surface area contributed by atoms with Crippen LogP contribution < -0.4 is 0 Å². The molecule has 0 amide bonds. The first kappa shape index (κ1) is 9.76. The summed E-state index contributed by atoms with van der Waals surface area (Å²) in [6, 6.07) is 0. The normalized spacial score (nSPS) is 10.7. The molecular weight excluding hydrogens is 217 g/mol. The SMILES string of the molecule is C[CH2][Sn][CH2]CCN(C)C. The summed E-state index contributed by atoms with van der Waals surface area (Å²) >= 11 is 0.118. The predicted octanol–water partition coefficient (Wildman–Crippen LogP) is 1.50. The van der Waals surface area contributed by atoms with E-state index in [1.807, 2.05) is 0 Å². The molecule has 0 saturated carbocycles. The monoisotopic (exact) mass is 235 g/mol. The summed E-state index contributed by atoms with van der Waals surface area (Å²) < 4.78 is 3.08. The predicted molar refractivity (Wildman–Crippen MR) is 44.2 cm³/mol. The Balaban J connectivity index is 2.75. The van der Waals surface area contributed by atoms with Crippen LogP contribution in [0.2, 0.25) is 8.87 Å². The Bertz CT molecular complexity index is 54.9. The van der Waals surface area contributed by atoms with Crippen LogP contribution in [0.15, 0.2) is 0 Å². The molecule has 0 aliphatic rings. The van der Waals surface area contributed by atoms with Crippen molar-refractivity contribution in [3.63, 3.8) is 0 Å². The van der Waals surface area contributed by atoms with Gasteiger partial charge in [-0.15, -0.1) is 0 Å². The van der Waals surface area contributed by atoms with Gasteiger partial charge < -0.3 is 0 Å². The molecular formula is C7H17NSn. The molecule has 0 atom stereocenters. The number of hydrogen-bond acceptors (Lipinski definition) is 1. The number of nitrogens with zero attached hydrogens (tertiary/aromatic N) is 1. The second kappa shape index (κ2) is 6.87. The first-order chi connectivity index (χ1) is 4.27. The second-order valence-electron chi connectivity index (χ2n) is 2.51. The van der Waals surface area contributed by atoms with Crippen molar-refractivity contribution in [1.82, 2.24) is 4.90 Å². The van der Waals surface area contributed by atoms with Gasteiger partial charge in [-0.2, -0.15) is 0 Å². The fourth-order valence-corrected chi connectivity index (χ4v) is 2.87. The minimum absolute atomic E-state index is 0.118. The molecule has 0 fully saturated rings. The van der Waals surface area contributed by atoms with Crippen molar-refractivity contribution in [2.24, 2.45) is 0 Å². The van der Waals surface area contributed by atoms with Crippen LogP contribution in [0.3, 0.4) is 0 Å². The molecule has 0 bridgehead atoms. The summed E-state index contributed by atoms with van der Waals surface area (Å²) in [5.74, 6) is 0. The van der Waals surface area contributed by atoms with E-state index in [9.17, 15) is 0 Å². The van der Waals surface area contributed by atoms with Gasteiger partial charge in [0.2, 0.25) is 0 Å². The third-order valence-corrected chi connectivity index (χ3v) is 4.65. The van der Waals surface area contributed by atoms with Crippen molar-refractivity contribution >= 4 is 21.1 Å². The first-order valence-electron chi connectivity index (χ1n) is 3.62. The third kappa shape index (κ3) is 8.76. The molecule has 0 saturated heterocycles. The van der Waals surface area contributed by atoms with E-state index >= 15 is 0 Å².